The van der Waals surface area contributed by atoms with E-state index in [1.165, 1.54) is 15.6 Å². The summed E-state index contributed by atoms with van der Waals surface area (Å²) in [7, 11) is -3.35. The number of piperidine rings is 1. The number of likely N-dealkylation sites (tertiary alicyclic amines) is 1. The Morgan fingerprint density at radius 1 is 1.34 bits per heavy atom. The molecule has 1 saturated heterocycles. The second-order valence-corrected chi connectivity index (χ2v) is 10.6. The number of rotatable bonds is 4. The Morgan fingerprint density at radius 2 is 2.17 bits per heavy atom. The van der Waals surface area contributed by atoms with Crippen LogP contribution in [0.5, 0.6) is 0 Å². The molecule has 1 N–H and O–H groups in total. The number of nitrogens with one attached hydrogen (secondary N) is 1. The van der Waals surface area contributed by atoms with Crippen LogP contribution in [0, 0.1) is 0 Å². The van der Waals surface area contributed by atoms with Gasteiger partial charge in [-0.05, 0) is 44.1 Å². The van der Waals surface area contributed by atoms with Gasteiger partial charge in [-0.3, -0.25) is 9.59 Å². The van der Waals surface area contributed by atoms with Gasteiger partial charge < -0.3 is 9.88 Å². The Bertz CT molecular complexity index is 1060. The van der Waals surface area contributed by atoms with Gasteiger partial charge >= 0.3 is 0 Å². The number of amides is 1. The summed E-state index contributed by atoms with van der Waals surface area (Å²) in [6.45, 7) is 2.61. The number of nitrogens with zero attached hydrogens (tertiary/aromatic N) is 3. The highest BCUT2D eigenvalue weighted by atomic mass is 32.2. The van der Waals surface area contributed by atoms with Crippen molar-refractivity contribution in [2.45, 2.75) is 45.2 Å². The van der Waals surface area contributed by atoms with Crippen LogP contribution in [0.25, 0.3) is 0 Å². The van der Waals surface area contributed by atoms with E-state index >= 15 is 0 Å². The van der Waals surface area contributed by atoms with Crippen LogP contribution in [0.2, 0.25) is 0 Å². The van der Waals surface area contributed by atoms with Gasteiger partial charge in [0.05, 0.1) is 28.9 Å². The fourth-order valence-corrected chi connectivity index (χ4v) is 5.75. The van der Waals surface area contributed by atoms with Gasteiger partial charge in [0.25, 0.3) is 11.5 Å². The lowest BCUT2D eigenvalue weighted by atomic mass is 10.00. The van der Waals surface area contributed by atoms with Crippen molar-refractivity contribution in [3.8, 4) is 0 Å². The van der Waals surface area contributed by atoms with Crippen LogP contribution in [0.15, 0.2) is 22.3 Å². The minimum atomic E-state index is -3.35. The number of fused-ring (bicyclic) bond motifs is 1. The fraction of sp³-hybridized carbons (Fsp3) is 0.526. The molecule has 29 heavy (non-hydrogen) atoms. The molecule has 8 nitrogen and oxygen atoms in total. The highest BCUT2D eigenvalue weighted by Crippen LogP contribution is 2.31. The van der Waals surface area contributed by atoms with Gasteiger partial charge in [-0.15, -0.1) is 11.3 Å². The van der Waals surface area contributed by atoms with E-state index < -0.39 is 10.0 Å². The van der Waals surface area contributed by atoms with Crippen LogP contribution < -0.4 is 5.56 Å². The Morgan fingerprint density at radius 3 is 2.90 bits per heavy atom. The maximum Gasteiger partial charge on any atom is 0.264 e. The zero-order chi connectivity index (χ0) is 20.6. The zero-order valence-electron chi connectivity index (χ0n) is 16.3. The second kappa shape index (κ2) is 8.00. The van der Waals surface area contributed by atoms with Crippen molar-refractivity contribution in [3.05, 3.63) is 49.8 Å². The van der Waals surface area contributed by atoms with Crippen molar-refractivity contribution in [2.24, 2.45) is 0 Å². The van der Waals surface area contributed by atoms with E-state index in [2.05, 4.69) is 9.97 Å². The summed E-state index contributed by atoms with van der Waals surface area (Å²) in [4.78, 5) is 35.6. The number of aromatic nitrogens is 2. The maximum atomic E-state index is 13.0. The van der Waals surface area contributed by atoms with Crippen LogP contribution in [-0.2, 0) is 23.0 Å². The fourth-order valence-electron chi connectivity index (χ4n) is 4.01. The minimum absolute atomic E-state index is 0.0180. The number of aromatic amines is 1. The highest BCUT2D eigenvalue weighted by molar-refractivity contribution is 7.89. The van der Waals surface area contributed by atoms with Crippen LogP contribution in [0.3, 0.4) is 0 Å². The molecule has 1 amide bonds. The molecular weight excluding hydrogens is 412 g/mol. The SMILES string of the molecule is CCS(=O)(=O)N1CCc2c(nc(C3CCCCN3C(=O)c3cccs3)[nH]c2=O)C1. The summed E-state index contributed by atoms with van der Waals surface area (Å²) in [6.07, 6.45) is 2.91. The van der Waals surface area contributed by atoms with Gasteiger partial charge in [0.1, 0.15) is 5.82 Å². The lowest BCUT2D eigenvalue weighted by molar-refractivity contribution is 0.0604. The second-order valence-electron chi connectivity index (χ2n) is 7.35. The number of H-pyrrole nitrogens is 1. The lowest BCUT2D eigenvalue weighted by Crippen LogP contribution is -2.42. The molecule has 0 aliphatic carbocycles. The third-order valence-electron chi connectivity index (χ3n) is 5.63. The molecule has 2 aliphatic heterocycles. The molecule has 1 unspecified atom stereocenters. The van der Waals surface area contributed by atoms with Crippen LogP contribution in [-0.4, -0.2) is 52.3 Å². The lowest BCUT2D eigenvalue weighted by Gasteiger charge is -2.35. The molecule has 1 atom stereocenters. The van der Waals surface area contributed by atoms with Gasteiger partial charge in [-0.25, -0.2) is 13.4 Å². The Balaban J connectivity index is 1.68. The number of thiophene rings is 1. The molecule has 0 radical (unpaired) electrons. The predicted molar refractivity (Wildman–Crippen MR) is 110 cm³/mol. The van der Waals surface area contributed by atoms with Gasteiger partial charge in [-0.1, -0.05) is 6.07 Å². The van der Waals surface area contributed by atoms with Gasteiger partial charge in [0, 0.05) is 18.7 Å². The monoisotopic (exact) mass is 436 g/mol. The van der Waals surface area contributed by atoms with E-state index in [0.717, 1.165) is 19.3 Å². The molecule has 4 heterocycles. The predicted octanol–water partition coefficient (Wildman–Crippen LogP) is 1.91. The first-order valence-corrected chi connectivity index (χ1v) is 12.3. The molecule has 0 spiro atoms. The molecule has 4 rings (SSSR count). The number of carbonyl (C=O) groups excluding carboxylic acids is 1. The Kier molecular flexibility index (Phi) is 5.58. The molecule has 2 aromatic heterocycles. The third kappa shape index (κ3) is 3.88. The molecule has 1 fully saturated rings. The van der Waals surface area contributed by atoms with E-state index in [4.69, 9.17) is 0 Å². The van der Waals surface area contributed by atoms with Crippen molar-refractivity contribution in [1.82, 2.24) is 19.2 Å². The van der Waals surface area contributed by atoms with Crippen molar-refractivity contribution in [3.63, 3.8) is 0 Å². The quantitative estimate of drug-likeness (QED) is 0.789. The maximum absolute atomic E-state index is 13.0. The van der Waals surface area contributed by atoms with E-state index in [9.17, 15) is 18.0 Å². The van der Waals surface area contributed by atoms with Crippen molar-refractivity contribution in [2.75, 3.05) is 18.8 Å². The van der Waals surface area contributed by atoms with Crippen molar-refractivity contribution >= 4 is 27.3 Å². The van der Waals surface area contributed by atoms with Crippen molar-refractivity contribution < 1.29 is 13.2 Å². The van der Waals surface area contributed by atoms with E-state index in [1.807, 2.05) is 11.4 Å². The average Bonchev–Trinajstić information content (AvgIpc) is 3.27. The normalized spacial score (nSPS) is 20.4. The topological polar surface area (TPSA) is 103 Å². The largest absolute Gasteiger partial charge is 0.328 e. The highest BCUT2D eigenvalue weighted by Gasteiger charge is 2.33. The van der Waals surface area contributed by atoms with E-state index in [-0.39, 0.29) is 29.8 Å². The summed E-state index contributed by atoms with van der Waals surface area (Å²) in [5.41, 5.74) is 0.817. The summed E-state index contributed by atoms with van der Waals surface area (Å²) in [6, 6.07) is 3.34. The van der Waals surface area contributed by atoms with Gasteiger partial charge in [0.2, 0.25) is 10.0 Å². The molecule has 0 aromatic carbocycles. The first-order valence-electron chi connectivity index (χ1n) is 9.85. The molecule has 2 aromatic rings. The number of carbonyl (C=O) groups is 1. The molecular formula is C19H24N4O4S2. The summed E-state index contributed by atoms with van der Waals surface area (Å²) < 4.78 is 25.9. The standard InChI is InChI=1S/C19H24N4O4S2/c1-2-29(26,27)22-10-8-13-14(12-22)20-17(21-18(13)24)15-6-3-4-9-23(15)19(25)16-7-5-11-28-16/h5,7,11,15H,2-4,6,8-10,12H2,1H3,(H,20,21,24). The van der Waals surface area contributed by atoms with E-state index in [0.29, 0.717) is 41.5 Å². The first kappa shape index (κ1) is 20.2. The molecule has 10 heteroatoms. The van der Waals surface area contributed by atoms with Crippen molar-refractivity contribution in [1.29, 1.82) is 0 Å². The summed E-state index contributed by atoms with van der Waals surface area (Å²) in [5.74, 6) is 0.416. The summed E-state index contributed by atoms with van der Waals surface area (Å²) >= 11 is 1.40. The first-order chi connectivity index (χ1) is 13.9. The number of sulfonamides is 1. The number of hydrogen-bond acceptors (Lipinski definition) is 6. The Labute approximate surface area is 173 Å². The Hall–Kier alpha value is -2.04. The molecule has 2 aliphatic rings. The van der Waals surface area contributed by atoms with E-state index in [1.54, 1.807) is 17.9 Å². The molecule has 156 valence electrons. The zero-order valence-corrected chi connectivity index (χ0v) is 17.9. The van der Waals surface area contributed by atoms with Crippen LogP contribution in [0.1, 0.15) is 59.0 Å². The number of hydrogen-bond donors (Lipinski definition) is 1. The third-order valence-corrected chi connectivity index (χ3v) is 8.31. The van der Waals surface area contributed by atoms with Gasteiger partial charge in [-0.2, -0.15) is 4.31 Å². The smallest absolute Gasteiger partial charge is 0.264 e. The molecule has 0 saturated carbocycles. The minimum Gasteiger partial charge on any atom is -0.328 e. The van der Waals surface area contributed by atoms with Crippen LogP contribution >= 0.6 is 11.3 Å². The van der Waals surface area contributed by atoms with Gasteiger partial charge in [0.15, 0.2) is 0 Å². The molecule has 0 bridgehead atoms. The van der Waals surface area contributed by atoms with Crippen LogP contribution in [0.4, 0.5) is 0 Å². The summed E-state index contributed by atoms with van der Waals surface area (Å²) in [5, 5.41) is 1.87. The average molecular weight is 437 g/mol.